The first-order valence-electron chi connectivity index (χ1n) is 5.03. The third-order valence-corrected chi connectivity index (χ3v) is 2.22. The molecule has 1 aromatic carbocycles. The van der Waals surface area contributed by atoms with E-state index in [0.717, 1.165) is 11.3 Å². The zero-order valence-electron chi connectivity index (χ0n) is 9.27. The summed E-state index contributed by atoms with van der Waals surface area (Å²) in [4.78, 5) is 11.8. The Hall–Kier alpha value is -2.10. The Bertz CT molecular complexity index is 516. The molecule has 0 saturated heterocycles. The molecule has 1 N–H and O–H groups in total. The van der Waals surface area contributed by atoms with Gasteiger partial charge in [0.1, 0.15) is 0 Å². The number of aryl methyl sites for hydroxylation is 2. The summed E-state index contributed by atoms with van der Waals surface area (Å²) in [5, 5.41) is 6.83. The summed E-state index contributed by atoms with van der Waals surface area (Å²) in [5.41, 5.74) is 2.32. The average Bonchev–Trinajstić information content (AvgIpc) is 2.65. The number of carbonyl (C=O) groups excluding carboxylic acids is 1. The van der Waals surface area contributed by atoms with E-state index in [-0.39, 0.29) is 5.91 Å². The number of nitrogens with one attached hydrogen (secondary N) is 1. The van der Waals surface area contributed by atoms with Crippen molar-refractivity contribution < 1.29 is 4.79 Å². The van der Waals surface area contributed by atoms with Crippen LogP contribution in [0.3, 0.4) is 0 Å². The number of anilines is 1. The molecule has 1 heterocycles. The Morgan fingerprint density at radius 1 is 1.38 bits per heavy atom. The van der Waals surface area contributed by atoms with Gasteiger partial charge in [0, 0.05) is 18.9 Å². The second-order valence-corrected chi connectivity index (χ2v) is 3.70. The molecule has 0 radical (unpaired) electrons. The van der Waals surface area contributed by atoms with Crippen molar-refractivity contribution in [1.82, 2.24) is 9.78 Å². The minimum absolute atomic E-state index is 0.189. The van der Waals surface area contributed by atoms with Crippen LogP contribution in [0.4, 0.5) is 5.69 Å². The Labute approximate surface area is 93.9 Å². The lowest BCUT2D eigenvalue weighted by molar-refractivity contribution is 0.102. The van der Waals surface area contributed by atoms with Crippen molar-refractivity contribution in [2.75, 3.05) is 5.32 Å². The monoisotopic (exact) mass is 215 g/mol. The number of aromatic nitrogens is 2. The van der Waals surface area contributed by atoms with Crippen LogP contribution in [0.1, 0.15) is 16.1 Å². The number of nitrogens with zero attached hydrogens (tertiary/aromatic N) is 2. The molecule has 0 unspecified atom stereocenters. The molecule has 0 spiro atoms. The van der Waals surface area contributed by atoms with Crippen LogP contribution >= 0.6 is 0 Å². The molecule has 0 fully saturated rings. The van der Waals surface area contributed by atoms with E-state index in [1.807, 2.05) is 31.2 Å². The van der Waals surface area contributed by atoms with Gasteiger partial charge in [-0.2, -0.15) is 5.10 Å². The lowest BCUT2D eigenvalue weighted by Crippen LogP contribution is -2.13. The van der Waals surface area contributed by atoms with Crippen molar-refractivity contribution in [1.29, 1.82) is 0 Å². The molecule has 0 atom stereocenters. The lowest BCUT2D eigenvalue weighted by Gasteiger charge is -2.03. The zero-order chi connectivity index (χ0) is 11.5. The summed E-state index contributed by atoms with van der Waals surface area (Å²) in [5.74, 6) is -0.189. The quantitative estimate of drug-likeness (QED) is 0.832. The maximum absolute atomic E-state index is 11.8. The Morgan fingerprint density at radius 3 is 2.81 bits per heavy atom. The Morgan fingerprint density at radius 2 is 2.19 bits per heavy atom. The van der Waals surface area contributed by atoms with Crippen molar-refractivity contribution in [3.63, 3.8) is 0 Å². The number of amides is 1. The highest BCUT2D eigenvalue weighted by atomic mass is 16.1. The van der Waals surface area contributed by atoms with Gasteiger partial charge in [-0.25, -0.2) is 0 Å². The fourth-order valence-corrected chi connectivity index (χ4v) is 1.45. The molecule has 0 aliphatic carbocycles. The fraction of sp³-hybridized carbons (Fsp3) is 0.167. The summed E-state index contributed by atoms with van der Waals surface area (Å²) in [6, 6.07) is 9.35. The van der Waals surface area contributed by atoms with Crippen LogP contribution in [-0.2, 0) is 7.05 Å². The summed E-state index contributed by atoms with van der Waals surface area (Å²) in [7, 11) is 1.78. The molecule has 2 aromatic rings. The third-order valence-electron chi connectivity index (χ3n) is 2.22. The second kappa shape index (κ2) is 4.18. The van der Waals surface area contributed by atoms with Crippen molar-refractivity contribution >= 4 is 11.6 Å². The van der Waals surface area contributed by atoms with Gasteiger partial charge in [-0.05, 0) is 30.7 Å². The third kappa shape index (κ3) is 2.28. The molecular formula is C12H13N3O. The van der Waals surface area contributed by atoms with Gasteiger partial charge in [0.25, 0.3) is 5.91 Å². The predicted octanol–water partition coefficient (Wildman–Crippen LogP) is 1.98. The molecule has 1 amide bonds. The molecule has 4 nitrogen and oxygen atoms in total. The second-order valence-electron chi connectivity index (χ2n) is 3.70. The Balaban J connectivity index is 2.13. The maximum atomic E-state index is 11.8. The largest absolute Gasteiger partial charge is 0.321 e. The molecule has 16 heavy (non-hydrogen) atoms. The zero-order valence-corrected chi connectivity index (χ0v) is 9.27. The van der Waals surface area contributed by atoms with Gasteiger partial charge in [-0.3, -0.25) is 9.48 Å². The minimum Gasteiger partial charge on any atom is -0.321 e. The van der Waals surface area contributed by atoms with E-state index in [4.69, 9.17) is 0 Å². The number of benzene rings is 1. The fourth-order valence-electron chi connectivity index (χ4n) is 1.45. The van der Waals surface area contributed by atoms with E-state index in [0.29, 0.717) is 5.69 Å². The Kier molecular flexibility index (Phi) is 2.72. The molecule has 1 aromatic heterocycles. The van der Waals surface area contributed by atoms with Crippen LogP contribution in [0.5, 0.6) is 0 Å². The van der Waals surface area contributed by atoms with Gasteiger partial charge < -0.3 is 5.32 Å². The van der Waals surface area contributed by atoms with E-state index >= 15 is 0 Å². The molecule has 82 valence electrons. The molecule has 4 heteroatoms. The number of carbonyl (C=O) groups is 1. The van der Waals surface area contributed by atoms with E-state index in [1.165, 1.54) is 0 Å². The van der Waals surface area contributed by atoms with Crippen LogP contribution in [0.2, 0.25) is 0 Å². The molecule has 0 aliphatic rings. The molecule has 0 bridgehead atoms. The first-order valence-corrected chi connectivity index (χ1v) is 5.03. The minimum atomic E-state index is -0.189. The summed E-state index contributed by atoms with van der Waals surface area (Å²) < 4.78 is 1.60. The van der Waals surface area contributed by atoms with Crippen LogP contribution < -0.4 is 5.32 Å². The van der Waals surface area contributed by atoms with Crippen LogP contribution in [0, 0.1) is 6.92 Å². The van der Waals surface area contributed by atoms with E-state index < -0.39 is 0 Å². The molecule has 0 aliphatic heterocycles. The lowest BCUT2D eigenvalue weighted by atomic mass is 10.2. The number of hydrogen-bond acceptors (Lipinski definition) is 2. The van der Waals surface area contributed by atoms with Gasteiger partial charge >= 0.3 is 0 Å². The molecule has 0 saturated carbocycles. The van der Waals surface area contributed by atoms with Crippen LogP contribution in [0.15, 0.2) is 36.5 Å². The van der Waals surface area contributed by atoms with E-state index in [1.54, 1.807) is 24.0 Å². The van der Waals surface area contributed by atoms with Crippen molar-refractivity contribution in [2.24, 2.45) is 7.05 Å². The highest BCUT2D eigenvalue weighted by Gasteiger charge is 2.08. The summed E-state index contributed by atoms with van der Waals surface area (Å²) in [6.07, 6.45) is 1.74. The smallest absolute Gasteiger partial charge is 0.276 e. The van der Waals surface area contributed by atoms with Gasteiger partial charge in [0.15, 0.2) is 5.69 Å². The topological polar surface area (TPSA) is 46.9 Å². The molecule has 2 rings (SSSR count). The number of hydrogen-bond donors (Lipinski definition) is 1. The normalized spacial score (nSPS) is 10.1. The van der Waals surface area contributed by atoms with Crippen molar-refractivity contribution in [3.8, 4) is 0 Å². The summed E-state index contributed by atoms with van der Waals surface area (Å²) >= 11 is 0. The standard InChI is InChI=1S/C12H13N3O/c1-9-4-3-5-10(8-9)13-12(16)11-6-7-15(2)14-11/h3-8H,1-2H3,(H,13,16). The highest BCUT2D eigenvalue weighted by Crippen LogP contribution is 2.10. The average molecular weight is 215 g/mol. The maximum Gasteiger partial charge on any atom is 0.276 e. The first-order chi connectivity index (χ1) is 7.65. The van der Waals surface area contributed by atoms with Crippen LogP contribution in [0.25, 0.3) is 0 Å². The van der Waals surface area contributed by atoms with Gasteiger partial charge in [-0.15, -0.1) is 0 Å². The van der Waals surface area contributed by atoms with Gasteiger partial charge in [0.05, 0.1) is 0 Å². The van der Waals surface area contributed by atoms with E-state index in [2.05, 4.69) is 10.4 Å². The van der Waals surface area contributed by atoms with Gasteiger partial charge in [-0.1, -0.05) is 12.1 Å². The summed E-state index contributed by atoms with van der Waals surface area (Å²) in [6.45, 7) is 1.98. The van der Waals surface area contributed by atoms with E-state index in [9.17, 15) is 4.79 Å². The molecular weight excluding hydrogens is 202 g/mol. The van der Waals surface area contributed by atoms with Crippen molar-refractivity contribution in [3.05, 3.63) is 47.8 Å². The first kappa shape index (κ1) is 10.4. The SMILES string of the molecule is Cc1cccc(NC(=O)c2ccn(C)n2)c1. The van der Waals surface area contributed by atoms with Crippen LogP contribution in [-0.4, -0.2) is 15.7 Å². The highest BCUT2D eigenvalue weighted by molar-refractivity contribution is 6.02. The predicted molar refractivity (Wildman–Crippen MR) is 62.3 cm³/mol. The number of rotatable bonds is 2. The van der Waals surface area contributed by atoms with Crippen molar-refractivity contribution in [2.45, 2.75) is 6.92 Å². The van der Waals surface area contributed by atoms with Gasteiger partial charge in [0.2, 0.25) is 0 Å².